The monoisotopic (exact) mass is 304 g/mol. The van der Waals surface area contributed by atoms with Gasteiger partial charge in [-0.2, -0.15) is 0 Å². The third kappa shape index (κ3) is 1.90. The summed E-state index contributed by atoms with van der Waals surface area (Å²) in [5.41, 5.74) is 0.302. The lowest BCUT2D eigenvalue weighted by atomic mass is 9.76. The van der Waals surface area contributed by atoms with Crippen molar-refractivity contribution in [1.29, 1.82) is 0 Å². The minimum absolute atomic E-state index is 0.103. The van der Waals surface area contributed by atoms with Gasteiger partial charge >= 0.3 is 0 Å². The Kier molecular flexibility index (Phi) is 3.24. The fourth-order valence-corrected chi connectivity index (χ4v) is 5.38. The van der Waals surface area contributed by atoms with Gasteiger partial charge in [0.1, 0.15) is 6.10 Å². The highest BCUT2D eigenvalue weighted by Gasteiger charge is 2.66. The van der Waals surface area contributed by atoms with E-state index in [0.29, 0.717) is 29.6 Å². The fourth-order valence-electron chi connectivity index (χ4n) is 4.79. The second kappa shape index (κ2) is 4.35. The molecule has 4 fully saturated rings. The van der Waals surface area contributed by atoms with E-state index in [2.05, 4.69) is 13.8 Å². The number of halogens is 2. The first-order valence-electron chi connectivity index (χ1n) is 7.36. The predicted octanol–water partition coefficient (Wildman–Crippen LogP) is 3.98. The first-order chi connectivity index (χ1) is 8.79. The number of hydrogen-bond donors (Lipinski definition) is 0. The molecule has 5 unspecified atom stereocenters. The van der Waals surface area contributed by atoms with E-state index < -0.39 is 4.33 Å². The SMILES string of the molecule is CCCC(Cl)(Cl)C(=O)C1OC2CC3C1CC2C3(C)C. The molecular weight excluding hydrogens is 283 g/mol. The van der Waals surface area contributed by atoms with Crippen LogP contribution in [0.15, 0.2) is 0 Å². The second-order valence-corrected chi connectivity index (χ2v) is 8.57. The number of ketones is 1. The van der Waals surface area contributed by atoms with Gasteiger partial charge < -0.3 is 4.74 Å². The van der Waals surface area contributed by atoms with Gasteiger partial charge in [-0.05, 0) is 42.4 Å². The molecule has 0 spiro atoms. The number of carbonyl (C=O) groups is 1. The van der Waals surface area contributed by atoms with Crippen LogP contribution in [0.3, 0.4) is 0 Å². The van der Waals surface area contributed by atoms with Crippen molar-refractivity contribution >= 4 is 29.0 Å². The summed E-state index contributed by atoms with van der Waals surface area (Å²) in [5.74, 6) is 1.42. The minimum Gasteiger partial charge on any atom is -0.366 e. The summed E-state index contributed by atoms with van der Waals surface area (Å²) in [6, 6.07) is 0. The lowest BCUT2D eigenvalue weighted by Gasteiger charge is -2.42. The Labute approximate surface area is 125 Å². The number of alkyl halides is 2. The molecule has 0 radical (unpaired) electrons. The molecule has 0 aromatic rings. The third-order valence-corrected chi connectivity index (χ3v) is 6.53. The van der Waals surface area contributed by atoms with Gasteiger partial charge in [0, 0.05) is 0 Å². The van der Waals surface area contributed by atoms with Crippen molar-refractivity contribution in [3.8, 4) is 0 Å². The molecule has 0 amide bonds. The van der Waals surface area contributed by atoms with Crippen LogP contribution in [0, 0.1) is 23.2 Å². The first kappa shape index (κ1) is 14.2. The number of rotatable bonds is 4. The van der Waals surface area contributed by atoms with Crippen molar-refractivity contribution in [2.75, 3.05) is 0 Å². The number of ether oxygens (including phenoxy) is 1. The van der Waals surface area contributed by atoms with Gasteiger partial charge in [0.15, 0.2) is 10.1 Å². The van der Waals surface area contributed by atoms with Crippen molar-refractivity contribution in [2.24, 2.45) is 23.2 Å². The maximum atomic E-state index is 12.6. The quantitative estimate of drug-likeness (QED) is 0.734. The first-order valence-corrected chi connectivity index (χ1v) is 8.12. The summed E-state index contributed by atoms with van der Waals surface area (Å²) >= 11 is 12.5. The molecule has 5 atom stereocenters. The van der Waals surface area contributed by atoms with Crippen LogP contribution in [0.4, 0.5) is 0 Å². The van der Waals surface area contributed by atoms with Crippen LogP contribution in [-0.2, 0) is 9.53 Å². The van der Waals surface area contributed by atoms with Crippen LogP contribution in [0.25, 0.3) is 0 Å². The zero-order chi connectivity index (χ0) is 14.0. The molecular formula is C15H22Cl2O2. The van der Waals surface area contributed by atoms with Gasteiger partial charge in [-0.3, -0.25) is 4.79 Å². The van der Waals surface area contributed by atoms with Crippen LogP contribution in [0.2, 0.25) is 0 Å². The average Bonchev–Trinajstić information content (AvgIpc) is 2.72. The molecule has 2 aliphatic carbocycles. The van der Waals surface area contributed by atoms with E-state index in [9.17, 15) is 4.79 Å². The van der Waals surface area contributed by atoms with Crippen molar-refractivity contribution in [3.05, 3.63) is 0 Å². The zero-order valence-corrected chi connectivity index (χ0v) is 13.3. The van der Waals surface area contributed by atoms with Gasteiger partial charge in [-0.15, -0.1) is 0 Å². The van der Waals surface area contributed by atoms with Crippen molar-refractivity contribution in [1.82, 2.24) is 0 Å². The molecule has 19 heavy (non-hydrogen) atoms. The molecule has 0 N–H and O–H groups in total. The van der Waals surface area contributed by atoms with Crippen LogP contribution in [0.1, 0.15) is 46.5 Å². The predicted molar refractivity (Wildman–Crippen MR) is 76.5 cm³/mol. The highest BCUT2D eigenvalue weighted by molar-refractivity contribution is 6.58. The van der Waals surface area contributed by atoms with Crippen molar-refractivity contribution in [2.45, 2.75) is 63.0 Å². The summed E-state index contributed by atoms with van der Waals surface area (Å²) in [6.45, 7) is 6.62. The van der Waals surface area contributed by atoms with Gasteiger partial charge in [0.25, 0.3) is 0 Å². The molecule has 4 rings (SSSR count). The standard InChI is InChI=1S/C15H22Cl2O2/c1-4-5-15(16,17)13(18)12-8-6-10-11(19-12)7-9(8)14(10,2)3/h8-12H,4-7H2,1-3H3. The van der Waals surface area contributed by atoms with E-state index in [-0.39, 0.29) is 18.0 Å². The molecule has 0 aromatic heterocycles. The normalized spacial score (nSPS) is 42.9. The van der Waals surface area contributed by atoms with E-state index in [1.165, 1.54) is 0 Å². The molecule has 108 valence electrons. The Bertz CT molecular complexity index is 405. The number of fused-ring (bicyclic) bond motifs is 1. The Morgan fingerprint density at radius 2 is 2.00 bits per heavy atom. The van der Waals surface area contributed by atoms with Crippen LogP contribution in [-0.4, -0.2) is 22.3 Å². The van der Waals surface area contributed by atoms with Gasteiger partial charge in [-0.25, -0.2) is 0 Å². The molecule has 2 heterocycles. The topological polar surface area (TPSA) is 26.3 Å². The second-order valence-electron chi connectivity index (χ2n) is 7.08. The summed E-state index contributed by atoms with van der Waals surface area (Å²) in [6.07, 6.45) is 3.39. The van der Waals surface area contributed by atoms with Crippen molar-refractivity contribution in [3.63, 3.8) is 0 Å². The number of hydrogen-bond acceptors (Lipinski definition) is 2. The van der Waals surface area contributed by atoms with E-state index >= 15 is 0 Å². The van der Waals surface area contributed by atoms with Crippen LogP contribution >= 0.6 is 23.2 Å². The molecule has 4 aliphatic rings. The molecule has 4 heteroatoms. The molecule has 4 bridgehead atoms. The maximum Gasteiger partial charge on any atom is 0.197 e. The van der Waals surface area contributed by atoms with E-state index in [1.807, 2.05) is 6.92 Å². The van der Waals surface area contributed by atoms with Crippen LogP contribution in [0.5, 0.6) is 0 Å². The zero-order valence-electron chi connectivity index (χ0n) is 11.8. The van der Waals surface area contributed by atoms with Crippen LogP contribution < -0.4 is 0 Å². The summed E-state index contributed by atoms with van der Waals surface area (Å²) in [5, 5.41) is 0. The molecule has 2 aliphatic heterocycles. The van der Waals surface area contributed by atoms with E-state index in [4.69, 9.17) is 27.9 Å². The molecule has 0 aromatic carbocycles. The van der Waals surface area contributed by atoms with E-state index in [1.54, 1.807) is 0 Å². The average molecular weight is 305 g/mol. The van der Waals surface area contributed by atoms with Gasteiger partial charge in [0.05, 0.1) is 6.10 Å². The maximum absolute atomic E-state index is 12.6. The molecule has 2 saturated carbocycles. The van der Waals surface area contributed by atoms with E-state index in [0.717, 1.165) is 19.3 Å². The molecule has 2 nitrogen and oxygen atoms in total. The lowest BCUT2D eigenvalue weighted by Crippen LogP contribution is -2.51. The summed E-state index contributed by atoms with van der Waals surface area (Å²) in [7, 11) is 0. The summed E-state index contributed by atoms with van der Waals surface area (Å²) < 4.78 is 4.78. The lowest BCUT2D eigenvalue weighted by molar-refractivity contribution is -0.161. The Hall–Kier alpha value is 0.210. The van der Waals surface area contributed by atoms with Gasteiger partial charge in [-0.1, -0.05) is 50.4 Å². The third-order valence-electron chi connectivity index (χ3n) is 5.78. The largest absolute Gasteiger partial charge is 0.366 e. The smallest absolute Gasteiger partial charge is 0.197 e. The minimum atomic E-state index is -1.27. The fraction of sp³-hybridized carbons (Fsp3) is 0.933. The molecule has 2 saturated heterocycles. The van der Waals surface area contributed by atoms with Crippen molar-refractivity contribution < 1.29 is 9.53 Å². The Morgan fingerprint density at radius 1 is 1.32 bits per heavy atom. The highest BCUT2D eigenvalue weighted by Crippen LogP contribution is 2.66. The summed E-state index contributed by atoms with van der Waals surface area (Å²) in [4.78, 5) is 12.6. The number of carbonyl (C=O) groups excluding carboxylic acids is 1. The highest BCUT2D eigenvalue weighted by atomic mass is 35.5. The number of Topliss-reactive ketones (excluding diaryl/α,β-unsaturated/α-hetero) is 1. The van der Waals surface area contributed by atoms with Gasteiger partial charge in [0.2, 0.25) is 0 Å². The Morgan fingerprint density at radius 3 is 2.47 bits per heavy atom. The Balaban J connectivity index is 1.81.